The minimum absolute atomic E-state index is 0.00499. The van der Waals surface area contributed by atoms with Gasteiger partial charge in [-0.05, 0) is 56.5 Å². The van der Waals surface area contributed by atoms with E-state index in [0.29, 0.717) is 24.4 Å². The molecule has 0 saturated carbocycles. The Balaban J connectivity index is 1.70. The van der Waals surface area contributed by atoms with E-state index in [0.717, 1.165) is 0 Å². The van der Waals surface area contributed by atoms with Gasteiger partial charge in [-0.2, -0.15) is 0 Å². The Morgan fingerprint density at radius 3 is 2.59 bits per heavy atom. The lowest BCUT2D eigenvalue weighted by atomic mass is 10.0. The van der Waals surface area contributed by atoms with Gasteiger partial charge >= 0.3 is 0 Å². The Morgan fingerprint density at radius 1 is 1.21 bits per heavy atom. The van der Waals surface area contributed by atoms with E-state index < -0.39 is 23.7 Å². The number of benzene rings is 2. The van der Waals surface area contributed by atoms with Crippen molar-refractivity contribution in [1.82, 2.24) is 10.2 Å². The van der Waals surface area contributed by atoms with E-state index in [2.05, 4.69) is 5.32 Å². The molecular weight excluding hydrogens is 421 g/mol. The highest BCUT2D eigenvalue weighted by molar-refractivity contribution is 6.35. The molecule has 1 heterocycles. The number of carbonyl (C=O) groups excluding carboxylic acids is 2. The molecule has 1 fully saturated rings. The number of rotatable bonds is 5. The average Bonchev–Trinajstić information content (AvgIpc) is 3.16. The third kappa shape index (κ3) is 4.87. The van der Waals surface area contributed by atoms with Gasteiger partial charge in [0.2, 0.25) is 5.91 Å². The van der Waals surface area contributed by atoms with Crippen molar-refractivity contribution in [2.45, 2.75) is 38.3 Å². The minimum Gasteiger partial charge on any atom is -0.352 e. The maximum Gasteiger partial charge on any atom is 0.256 e. The second-order valence-corrected chi connectivity index (χ2v) is 7.94. The molecule has 0 bridgehead atoms. The summed E-state index contributed by atoms with van der Waals surface area (Å²) >= 11 is 12.1. The maximum absolute atomic E-state index is 13.8. The summed E-state index contributed by atoms with van der Waals surface area (Å²) in [6.07, 6.45) is 1.17. The third-order valence-corrected chi connectivity index (χ3v) is 5.50. The molecule has 1 N–H and O–H groups in total. The highest BCUT2D eigenvalue weighted by atomic mass is 35.5. The van der Waals surface area contributed by atoms with Gasteiger partial charge in [0.1, 0.15) is 17.7 Å². The van der Waals surface area contributed by atoms with Crippen molar-refractivity contribution in [2.24, 2.45) is 0 Å². The molecule has 0 aliphatic carbocycles. The highest BCUT2D eigenvalue weighted by Crippen LogP contribution is 2.26. The van der Waals surface area contributed by atoms with Crippen LogP contribution < -0.4 is 5.32 Å². The van der Waals surface area contributed by atoms with Crippen molar-refractivity contribution >= 4 is 35.0 Å². The van der Waals surface area contributed by atoms with Gasteiger partial charge in [-0.15, -0.1) is 0 Å². The van der Waals surface area contributed by atoms with Crippen molar-refractivity contribution in [3.63, 3.8) is 0 Å². The fourth-order valence-electron chi connectivity index (χ4n) is 3.52. The Bertz CT molecular complexity index is 919. The predicted molar refractivity (Wildman–Crippen MR) is 108 cm³/mol. The lowest BCUT2D eigenvalue weighted by Gasteiger charge is -2.26. The number of amides is 2. The van der Waals surface area contributed by atoms with Crippen molar-refractivity contribution in [3.05, 3.63) is 69.2 Å². The van der Waals surface area contributed by atoms with Crippen molar-refractivity contribution < 1.29 is 18.4 Å². The summed E-state index contributed by atoms with van der Waals surface area (Å²) in [6, 6.07) is 7.06. The summed E-state index contributed by atoms with van der Waals surface area (Å²) in [4.78, 5) is 27.1. The molecule has 0 aromatic heterocycles. The normalized spacial score (nSPS) is 17.3. The summed E-state index contributed by atoms with van der Waals surface area (Å²) in [5.74, 6) is -2.04. The fraction of sp³-hybridized carbons (Fsp3) is 0.333. The van der Waals surface area contributed by atoms with Crippen LogP contribution in [0.1, 0.15) is 35.7 Å². The number of hydrogen-bond acceptors (Lipinski definition) is 2. The van der Waals surface area contributed by atoms with Gasteiger partial charge in [0.05, 0.1) is 10.6 Å². The number of carbonyl (C=O) groups is 2. The summed E-state index contributed by atoms with van der Waals surface area (Å²) in [5.41, 5.74) is 0.158. The van der Waals surface area contributed by atoms with E-state index >= 15 is 0 Å². The van der Waals surface area contributed by atoms with Crippen LogP contribution in [0.15, 0.2) is 36.4 Å². The zero-order chi connectivity index (χ0) is 21.1. The molecule has 2 aromatic carbocycles. The maximum atomic E-state index is 13.8. The highest BCUT2D eigenvalue weighted by Gasteiger charge is 2.35. The van der Waals surface area contributed by atoms with E-state index in [4.69, 9.17) is 23.2 Å². The molecule has 0 radical (unpaired) electrons. The second kappa shape index (κ2) is 9.09. The number of likely N-dealkylation sites (tertiary alicyclic amines) is 1. The largest absolute Gasteiger partial charge is 0.352 e. The lowest BCUT2D eigenvalue weighted by molar-refractivity contribution is -0.125. The molecule has 154 valence electrons. The summed E-state index contributed by atoms with van der Waals surface area (Å²) in [5, 5.41) is 3.39. The second-order valence-electron chi connectivity index (χ2n) is 7.09. The fourth-order valence-corrected chi connectivity index (χ4v) is 3.89. The smallest absolute Gasteiger partial charge is 0.256 e. The van der Waals surface area contributed by atoms with Crippen LogP contribution in [-0.2, 0) is 11.2 Å². The SMILES string of the molecule is CC(Cc1c(F)cccc1F)NC(=O)C1CCCN1C(=O)c1cc(Cl)ccc1Cl. The first-order valence-electron chi connectivity index (χ1n) is 9.27. The van der Waals surface area contributed by atoms with Gasteiger partial charge in [-0.1, -0.05) is 29.3 Å². The van der Waals surface area contributed by atoms with E-state index in [9.17, 15) is 18.4 Å². The Labute approximate surface area is 177 Å². The first-order valence-corrected chi connectivity index (χ1v) is 10.0. The monoisotopic (exact) mass is 440 g/mol. The molecule has 1 saturated heterocycles. The Hall–Kier alpha value is -2.18. The molecule has 8 heteroatoms. The topological polar surface area (TPSA) is 49.4 Å². The van der Waals surface area contributed by atoms with Crippen LogP contribution in [0, 0.1) is 11.6 Å². The van der Waals surface area contributed by atoms with Gasteiger partial charge in [0.15, 0.2) is 0 Å². The van der Waals surface area contributed by atoms with Crippen molar-refractivity contribution in [1.29, 1.82) is 0 Å². The Kier molecular flexibility index (Phi) is 6.75. The average molecular weight is 441 g/mol. The van der Waals surface area contributed by atoms with Crippen LogP contribution >= 0.6 is 23.2 Å². The van der Waals surface area contributed by atoms with E-state index in [1.165, 1.54) is 35.2 Å². The molecule has 1 aliphatic heterocycles. The van der Waals surface area contributed by atoms with Crippen LogP contribution in [0.4, 0.5) is 8.78 Å². The van der Waals surface area contributed by atoms with E-state index in [-0.39, 0.29) is 34.4 Å². The molecule has 1 aliphatic rings. The van der Waals surface area contributed by atoms with Crippen molar-refractivity contribution in [3.8, 4) is 0 Å². The molecule has 2 unspecified atom stereocenters. The van der Waals surface area contributed by atoms with Gasteiger partial charge in [-0.25, -0.2) is 8.78 Å². The molecular formula is C21H20Cl2F2N2O2. The number of halogens is 4. The number of nitrogens with zero attached hydrogens (tertiary/aromatic N) is 1. The lowest BCUT2D eigenvalue weighted by Crippen LogP contribution is -2.48. The standard InChI is InChI=1S/C21H20Cl2F2N2O2/c1-12(10-15-17(24)4-2-5-18(15)25)26-20(28)19-6-3-9-27(19)21(29)14-11-13(22)7-8-16(14)23/h2,4-5,7-8,11-12,19H,3,6,9-10H2,1H3,(H,26,28). The molecule has 29 heavy (non-hydrogen) atoms. The van der Waals surface area contributed by atoms with Crippen LogP contribution in [0.25, 0.3) is 0 Å². The number of nitrogens with one attached hydrogen (secondary N) is 1. The van der Waals surface area contributed by atoms with Crippen LogP contribution in [0.3, 0.4) is 0 Å². The summed E-state index contributed by atoms with van der Waals surface area (Å²) in [7, 11) is 0. The van der Waals surface area contributed by atoms with Crippen LogP contribution in [-0.4, -0.2) is 35.3 Å². The van der Waals surface area contributed by atoms with Gasteiger partial charge in [0, 0.05) is 23.2 Å². The first-order chi connectivity index (χ1) is 13.8. The summed E-state index contributed by atoms with van der Waals surface area (Å²) < 4.78 is 27.7. The molecule has 4 nitrogen and oxygen atoms in total. The van der Waals surface area contributed by atoms with Crippen LogP contribution in [0.5, 0.6) is 0 Å². The summed E-state index contributed by atoms with van der Waals surface area (Å²) in [6.45, 7) is 2.08. The predicted octanol–water partition coefficient (Wildman–Crippen LogP) is 4.62. The van der Waals surface area contributed by atoms with Crippen LogP contribution in [0.2, 0.25) is 10.0 Å². The van der Waals surface area contributed by atoms with Gasteiger partial charge < -0.3 is 10.2 Å². The molecule has 3 rings (SSSR count). The number of hydrogen-bond donors (Lipinski definition) is 1. The van der Waals surface area contributed by atoms with E-state index in [1.807, 2.05) is 0 Å². The quantitative estimate of drug-likeness (QED) is 0.736. The molecule has 2 aromatic rings. The first kappa shape index (κ1) is 21.5. The van der Waals surface area contributed by atoms with E-state index in [1.54, 1.807) is 13.0 Å². The Morgan fingerprint density at radius 2 is 1.90 bits per heavy atom. The zero-order valence-corrected chi connectivity index (χ0v) is 17.2. The zero-order valence-electron chi connectivity index (χ0n) is 15.7. The van der Waals surface area contributed by atoms with Crippen molar-refractivity contribution in [2.75, 3.05) is 6.54 Å². The molecule has 2 atom stereocenters. The third-order valence-electron chi connectivity index (χ3n) is 4.94. The molecule has 2 amide bonds. The van der Waals surface area contributed by atoms with Gasteiger partial charge in [0.25, 0.3) is 5.91 Å². The minimum atomic E-state index is -0.675. The van der Waals surface area contributed by atoms with Gasteiger partial charge in [-0.3, -0.25) is 9.59 Å². The molecule has 0 spiro atoms.